The molecule has 0 saturated carbocycles. The number of aliphatic hydroxyl groups excluding tert-OH is 2. The van der Waals surface area contributed by atoms with Gasteiger partial charge in [-0.3, -0.25) is 9.80 Å². The van der Waals surface area contributed by atoms with Gasteiger partial charge in [-0.15, -0.1) is 0 Å². The fraction of sp³-hybridized carbons (Fsp3) is 0.480. The van der Waals surface area contributed by atoms with E-state index < -0.39 is 24.1 Å². The second-order valence-corrected chi connectivity index (χ2v) is 10.0. The largest absolute Gasteiger partial charge is 0.479 e. The van der Waals surface area contributed by atoms with Crippen molar-refractivity contribution in [1.29, 1.82) is 0 Å². The van der Waals surface area contributed by atoms with Crippen LogP contribution in [-0.2, 0) is 20.7 Å². The number of thiophene rings is 1. The predicted molar refractivity (Wildman–Crippen MR) is 130 cm³/mol. The molecule has 0 radical (unpaired) electrons. The molecule has 2 aromatic rings. The lowest BCUT2D eigenvalue weighted by Crippen LogP contribution is -2.53. The van der Waals surface area contributed by atoms with Crippen molar-refractivity contribution in [1.82, 2.24) is 9.80 Å². The summed E-state index contributed by atoms with van der Waals surface area (Å²) in [6, 6.07) is 10.6. The Kier molecular flexibility index (Phi) is 8.24. The minimum atomic E-state index is -2.27. The Balaban J connectivity index is 0.000000261. The van der Waals surface area contributed by atoms with Crippen molar-refractivity contribution in [3.05, 3.63) is 57.8 Å². The molecule has 6 rings (SSSR count). The molecule has 1 aromatic heterocycles. The summed E-state index contributed by atoms with van der Waals surface area (Å²) in [5.74, 6) is -2.99. The van der Waals surface area contributed by atoms with Crippen LogP contribution in [0.5, 0.6) is 0 Å². The fourth-order valence-corrected chi connectivity index (χ4v) is 5.74. The number of amides is 1. The number of aliphatic carboxylic acids is 2. The van der Waals surface area contributed by atoms with Crippen LogP contribution in [0.3, 0.4) is 0 Å². The van der Waals surface area contributed by atoms with Crippen molar-refractivity contribution < 1.29 is 39.5 Å². The minimum absolute atomic E-state index is 0.0280. The van der Waals surface area contributed by atoms with Gasteiger partial charge in [0, 0.05) is 13.1 Å². The summed E-state index contributed by atoms with van der Waals surface area (Å²) in [4.78, 5) is 37.1. The van der Waals surface area contributed by atoms with Gasteiger partial charge in [0.1, 0.15) is 6.10 Å². The van der Waals surface area contributed by atoms with Crippen molar-refractivity contribution in [3.8, 4) is 0 Å². The number of carboxylic acids is 2. The number of carbonyl (C=O) groups is 3. The highest BCUT2D eigenvalue weighted by molar-refractivity contribution is 7.08. The van der Waals surface area contributed by atoms with Crippen LogP contribution in [0.15, 0.2) is 41.1 Å². The van der Waals surface area contributed by atoms with Crippen LogP contribution in [0.2, 0.25) is 0 Å². The summed E-state index contributed by atoms with van der Waals surface area (Å²) in [5, 5.41) is 36.8. The van der Waals surface area contributed by atoms with Gasteiger partial charge in [0.05, 0.1) is 6.04 Å². The Hall–Kier alpha value is -2.99. The van der Waals surface area contributed by atoms with Gasteiger partial charge in [-0.1, -0.05) is 24.3 Å². The predicted octanol–water partition coefficient (Wildman–Crippen LogP) is 1.80. The fourth-order valence-electron chi connectivity index (χ4n) is 5.06. The number of aliphatic hydroxyl groups is 2. The highest BCUT2D eigenvalue weighted by atomic mass is 32.1. The van der Waals surface area contributed by atoms with E-state index in [1.807, 2.05) is 4.90 Å². The van der Waals surface area contributed by atoms with Gasteiger partial charge in [0.25, 0.3) is 0 Å². The quantitative estimate of drug-likeness (QED) is 0.465. The van der Waals surface area contributed by atoms with Crippen LogP contribution < -0.4 is 0 Å². The summed E-state index contributed by atoms with van der Waals surface area (Å²) in [6.45, 7) is 3.95. The van der Waals surface area contributed by atoms with Crippen molar-refractivity contribution in [3.63, 3.8) is 0 Å². The first kappa shape index (κ1) is 26.1. The normalized spacial score (nSPS) is 26.1. The molecule has 0 unspecified atom stereocenters. The molecule has 5 heterocycles. The molecular weight excluding hydrogens is 488 g/mol. The van der Waals surface area contributed by atoms with Gasteiger partial charge in [0.15, 0.2) is 12.2 Å². The third-order valence-electron chi connectivity index (χ3n) is 7.03. The molecule has 4 N–H and O–H groups in total. The molecule has 1 aromatic carbocycles. The number of carboxylic acid groups (broad SMARTS) is 2. The Morgan fingerprint density at radius 3 is 2.19 bits per heavy atom. The van der Waals surface area contributed by atoms with Crippen LogP contribution in [0.1, 0.15) is 35.6 Å². The maximum atomic E-state index is 13.1. The Morgan fingerprint density at radius 1 is 0.972 bits per heavy atom. The second-order valence-electron chi connectivity index (χ2n) is 9.23. The topological polar surface area (TPSA) is 148 Å². The van der Waals surface area contributed by atoms with E-state index in [1.54, 1.807) is 11.3 Å². The molecule has 11 heteroatoms. The molecule has 0 aliphatic carbocycles. The monoisotopic (exact) mass is 518 g/mol. The molecule has 4 aliphatic heterocycles. The van der Waals surface area contributed by atoms with Crippen molar-refractivity contribution >= 4 is 29.4 Å². The maximum absolute atomic E-state index is 13.1. The Labute approximate surface area is 212 Å². The lowest BCUT2D eigenvalue weighted by atomic mass is 9.86. The highest BCUT2D eigenvalue weighted by Crippen LogP contribution is 2.37. The Morgan fingerprint density at radius 2 is 1.64 bits per heavy atom. The van der Waals surface area contributed by atoms with Crippen molar-refractivity contribution in [2.24, 2.45) is 5.92 Å². The summed E-state index contributed by atoms with van der Waals surface area (Å²) in [5.41, 5.74) is 3.77. The number of hydrogen-bond donors (Lipinski definition) is 4. The van der Waals surface area contributed by atoms with E-state index in [4.69, 9.17) is 25.2 Å². The van der Waals surface area contributed by atoms with Gasteiger partial charge >= 0.3 is 18.0 Å². The SMILES string of the molecule is O=C(O)[C@@H](O)[C@H](O)C(=O)O.O=C(O[C@H]1CN2CCC1CC2)N1CCc2ccccc2[C@H]1c1ccsc1. The van der Waals surface area contributed by atoms with E-state index in [2.05, 4.69) is 46.0 Å². The first-order valence-electron chi connectivity index (χ1n) is 11.9. The maximum Gasteiger partial charge on any atom is 0.410 e. The van der Waals surface area contributed by atoms with E-state index in [0.717, 1.165) is 45.4 Å². The number of fused-ring (bicyclic) bond motifs is 4. The van der Waals surface area contributed by atoms with Gasteiger partial charge in [-0.2, -0.15) is 11.3 Å². The third kappa shape index (κ3) is 5.70. The van der Waals surface area contributed by atoms with Crippen LogP contribution in [0.4, 0.5) is 4.79 Å². The second kappa shape index (κ2) is 11.4. The zero-order valence-corrected chi connectivity index (χ0v) is 20.4. The zero-order valence-electron chi connectivity index (χ0n) is 19.6. The smallest absolute Gasteiger partial charge is 0.410 e. The van der Waals surface area contributed by atoms with Crippen LogP contribution in [0.25, 0.3) is 0 Å². The first-order chi connectivity index (χ1) is 17.3. The summed E-state index contributed by atoms with van der Waals surface area (Å²) in [6.07, 6.45) is -1.40. The molecule has 0 spiro atoms. The molecule has 1 amide bonds. The molecule has 4 aliphatic rings. The summed E-state index contributed by atoms with van der Waals surface area (Å²) in [7, 11) is 0. The molecule has 2 bridgehead atoms. The highest BCUT2D eigenvalue weighted by Gasteiger charge is 2.39. The van der Waals surface area contributed by atoms with Crippen LogP contribution >= 0.6 is 11.3 Å². The van der Waals surface area contributed by atoms with E-state index in [9.17, 15) is 14.4 Å². The number of ether oxygens (including phenoxy) is 1. The van der Waals surface area contributed by atoms with Crippen LogP contribution in [0, 0.1) is 5.92 Å². The number of hydrogen-bond acceptors (Lipinski definition) is 8. The van der Waals surface area contributed by atoms with Gasteiger partial charge in [-0.25, -0.2) is 14.4 Å². The number of benzene rings is 1. The molecule has 3 saturated heterocycles. The number of rotatable bonds is 5. The molecular formula is C25H30N2O8S. The number of nitrogens with zero attached hydrogens (tertiary/aromatic N) is 2. The van der Waals surface area contributed by atoms with E-state index >= 15 is 0 Å². The lowest BCUT2D eigenvalue weighted by molar-refractivity contribution is -0.165. The average Bonchev–Trinajstić information content (AvgIpc) is 3.42. The standard InChI is InChI=1S/C21H24N2O2S.C4H6O6/c24-21(25-19-13-22-9-5-16(19)6-10-22)23-11-7-15-3-1-2-4-18(15)20(23)17-8-12-26-14-17;5-1(3(7)8)2(6)4(9)10/h1-4,8,12,14,16,19-20H,5-7,9-11,13H2;1-2,5-6H,(H,7,8)(H,9,10)/t19-,20+;1-,2-/m00/s1. The third-order valence-corrected chi connectivity index (χ3v) is 7.73. The molecule has 194 valence electrons. The number of carbonyl (C=O) groups excluding carboxylic acids is 1. The summed E-state index contributed by atoms with van der Waals surface area (Å²) >= 11 is 1.68. The first-order valence-corrected chi connectivity index (χ1v) is 12.8. The van der Waals surface area contributed by atoms with Crippen molar-refractivity contribution in [2.75, 3.05) is 26.2 Å². The molecule has 4 atom stereocenters. The molecule has 10 nitrogen and oxygen atoms in total. The van der Waals surface area contributed by atoms with Crippen LogP contribution in [-0.4, -0.2) is 92.7 Å². The molecule has 3 fully saturated rings. The van der Waals surface area contributed by atoms with Gasteiger partial charge in [-0.05, 0) is 71.8 Å². The minimum Gasteiger partial charge on any atom is -0.479 e. The van der Waals surface area contributed by atoms with E-state index in [-0.39, 0.29) is 18.2 Å². The average molecular weight is 519 g/mol. The van der Waals surface area contributed by atoms with Gasteiger partial charge < -0.3 is 25.2 Å². The van der Waals surface area contributed by atoms with E-state index in [0.29, 0.717) is 5.92 Å². The zero-order chi connectivity index (χ0) is 25.8. The van der Waals surface area contributed by atoms with Gasteiger partial charge in [0.2, 0.25) is 0 Å². The number of piperidine rings is 3. The van der Waals surface area contributed by atoms with E-state index in [1.165, 1.54) is 16.7 Å². The Bertz CT molecular complexity index is 1050. The van der Waals surface area contributed by atoms with Crippen molar-refractivity contribution in [2.45, 2.75) is 43.6 Å². The lowest BCUT2D eigenvalue weighted by Gasteiger charge is -2.45. The summed E-state index contributed by atoms with van der Waals surface area (Å²) < 4.78 is 6.06. The molecule has 36 heavy (non-hydrogen) atoms.